The van der Waals surface area contributed by atoms with Crippen LogP contribution in [0.15, 0.2) is 27.6 Å². The molecule has 3 N–H and O–H groups in total. The van der Waals surface area contributed by atoms with E-state index in [2.05, 4.69) is 33.3 Å². The quantitative estimate of drug-likeness (QED) is 0.252. The summed E-state index contributed by atoms with van der Waals surface area (Å²) in [5, 5.41) is 14.0. The molecule has 3 atom stereocenters. The van der Waals surface area contributed by atoms with Gasteiger partial charge < -0.3 is 34.1 Å². The summed E-state index contributed by atoms with van der Waals surface area (Å²) in [5.74, 6) is 1.11. The van der Waals surface area contributed by atoms with Gasteiger partial charge in [0.05, 0.1) is 39.5 Å². The number of nitrogens with one attached hydrogen (secondary N) is 2. The molecule has 2 rings (SSSR count). The molecule has 42 heavy (non-hydrogen) atoms. The van der Waals surface area contributed by atoms with Crippen LogP contribution >= 0.6 is 0 Å². The van der Waals surface area contributed by atoms with E-state index in [9.17, 15) is 18.3 Å². The average molecular weight is 615 g/mol. The number of hydrogen-bond donors (Lipinski definition) is 3. The number of aliphatic imine (C=N–C) groups is 1. The van der Waals surface area contributed by atoms with Crippen molar-refractivity contribution in [3.05, 3.63) is 23.8 Å². The van der Waals surface area contributed by atoms with Gasteiger partial charge in [0.15, 0.2) is 11.5 Å². The predicted molar refractivity (Wildman–Crippen MR) is 160 cm³/mol. The van der Waals surface area contributed by atoms with Crippen molar-refractivity contribution in [1.29, 1.82) is 0 Å². The van der Waals surface area contributed by atoms with E-state index in [0.717, 1.165) is 12.0 Å². The Morgan fingerprint density at radius 3 is 2.43 bits per heavy atom. The van der Waals surface area contributed by atoms with Crippen molar-refractivity contribution in [1.82, 2.24) is 10.0 Å². The molecular formula is C28H46N4O9S. The number of amidine groups is 1. The smallest absolute Gasteiger partial charge is 0.407 e. The molecule has 238 valence electrons. The van der Waals surface area contributed by atoms with Gasteiger partial charge in [-0.15, -0.1) is 4.40 Å². The van der Waals surface area contributed by atoms with Crippen LogP contribution in [0.1, 0.15) is 53.0 Å². The fraction of sp³-hybridized carbons (Fsp3) is 0.679. The van der Waals surface area contributed by atoms with Crippen LogP contribution < -0.4 is 19.5 Å². The van der Waals surface area contributed by atoms with E-state index in [-0.39, 0.29) is 30.1 Å². The van der Waals surface area contributed by atoms with E-state index in [1.165, 1.54) is 7.11 Å². The Morgan fingerprint density at radius 2 is 1.83 bits per heavy atom. The van der Waals surface area contributed by atoms with Gasteiger partial charge in [-0.2, -0.15) is 8.42 Å². The SMILES string of the molecule is COCCCOc1cc(C[C@@H](C[C@H](NC(=O)OC(C)(C)C)[C@@H](O)CN=C2NS(=O)(=O)N=C2OC)C(C)C)ccc1OC. The van der Waals surface area contributed by atoms with Crippen LogP contribution in [0.2, 0.25) is 0 Å². The van der Waals surface area contributed by atoms with Gasteiger partial charge in [0, 0.05) is 20.1 Å². The molecule has 0 aliphatic carbocycles. The molecule has 0 radical (unpaired) electrons. The molecule has 0 spiro atoms. The Balaban J connectivity index is 2.26. The Morgan fingerprint density at radius 1 is 1.12 bits per heavy atom. The molecule has 0 aromatic heterocycles. The van der Waals surface area contributed by atoms with Crippen LogP contribution in [0.3, 0.4) is 0 Å². The van der Waals surface area contributed by atoms with Gasteiger partial charge in [-0.25, -0.2) is 9.52 Å². The molecule has 1 amide bonds. The Labute approximate surface area is 249 Å². The molecule has 0 saturated carbocycles. The minimum Gasteiger partial charge on any atom is -0.493 e. The molecule has 13 nitrogen and oxygen atoms in total. The lowest BCUT2D eigenvalue weighted by atomic mass is 9.83. The molecule has 0 unspecified atom stereocenters. The van der Waals surface area contributed by atoms with Crippen molar-refractivity contribution in [3.8, 4) is 11.5 Å². The molecule has 1 aromatic rings. The Bertz CT molecular complexity index is 1200. The van der Waals surface area contributed by atoms with E-state index < -0.39 is 34.0 Å². The highest BCUT2D eigenvalue weighted by atomic mass is 32.2. The number of alkyl carbamates (subject to hydrolysis) is 1. The normalized spacial score (nSPS) is 17.7. The maximum atomic E-state index is 12.7. The zero-order valence-electron chi connectivity index (χ0n) is 25.8. The summed E-state index contributed by atoms with van der Waals surface area (Å²) in [6, 6.07) is 5.00. The second-order valence-electron chi connectivity index (χ2n) is 11.3. The zero-order chi connectivity index (χ0) is 31.5. The van der Waals surface area contributed by atoms with E-state index in [4.69, 9.17) is 23.7 Å². The molecule has 0 saturated heterocycles. The number of rotatable bonds is 15. The highest BCUT2D eigenvalue weighted by molar-refractivity contribution is 7.89. The van der Waals surface area contributed by atoms with Gasteiger partial charge in [0.1, 0.15) is 5.60 Å². The standard InChI is InChI=1S/C28H46N4O9S/c1-18(2)20(14-19-10-11-23(38-7)24(15-19)40-13-9-12-37-6)16-21(30-27(34)41-28(3,4)5)22(33)17-29-25-26(39-8)32-42(35,36)31-25/h10-11,15,18,20-22,33H,9,12-14,16-17H2,1-8H3,(H,29,31)(H,30,34)/t20-,21-,22-/m0/s1. The number of aliphatic hydroxyl groups excluding tert-OH is 1. The lowest BCUT2D eigenvalue weighted by Gasteiger charge is -2.31. The molecule has 1 aliphatic rings. The maximum Gasteiger partial charge on any atom is 0.407 e. The number of nitrogens with zero attached hydrogens (tertiary/aromatic N) is 2. The maximum absolute atomic E-state index is 12.7. The topological polar surface area (TPSA) is 166 Å². The van der Waals surface area contributed by atoms with Crippen molar-refractivity contribution in [2.24, 2.45) is 21.2 Å². The minimum absolute atomic E-state index is 0.0167. The van der Waals surface area contributed by atoms with Crippen molar-refractivity contribution in [2.45, 2.75) is 71.6 Å². The fourth-order valence-corrected chi connectivity index (χ4v) is 5.05. The number of ether oxygens (including phenoxy) is 5. The summed E-state index contributed by atoms with van der Waals surface area (Å²) in [4.78, 5) is 16.9. The number of carbonyl (C=O) groups excluding carboxylic acids is 1. The lowest BCUT2D eigenvalue weighted by molar-refractivity contribution is 0.0400. The number of benzene rings is 1. The van der Waals surface area contributed by atoms with Crippen LogP contribution in [-0.2, 0) is 30.8 Å². The Kier molecular flexibility index (Phi) is 13.3. The molecule has 1 aliphatic heterocycles. The van der Waals surface area contributed by atoms with Crippen LogP contribution in [-0.4, -0.2) is 90.2 Å². The monoisotopic (exact) mass is 614 g/mol. The van der Waals surface area contributed by atoms with Crippen molar-refractivity contribution >= 4 is 28.0 Å². The first-order chi connectivity index (χ1) is 19.7. The molecule has 1 heterocycles. The summed E-state index contributed by atoms with van der Waals surface area (Å²) in [7, 11) is 0.534. The van der Waals surface area contributed by atoms with E-state index in [1.807, 2.05) is 18.2 Å². The molecule has 0 bridgehead atoms. The lowest BCUT2D eigenvalue weighted by Crippen LogP contribution is -2.48. The highest BCUT2D eigenvalue weighted by Gasteiger charge is 2.31. The second kappa shape index (κ2) is 15.9. The first kappa shape index (κ1) is 35.1. The second-order valence-corrected chi connectivity index (χ2v) is 12.6. The Hall–Kier alpha value is -3.10. The predicted octanol–water partition coefficient (Wildman–Crippen LogP) is 2.86. The summed E-state index contributed by atoms with van der Waals surface area (Å²) < 4.78 is 56.1. The van der Waals surface area contributed by atoms with Crippen LogP contribution in [0, 0.1) is 11.8 Å². The highest BCUT2D eigenvalue weighted by Crippen LogP contribution is 2.31. The van der Waals surface area contributed by atoms with Crippen LogP contribution in [0.25, 0.3) is 0 Å². The van der Waals surface area contributed by atoms with Gasteiger partial charge in [-0.1, -0.05) is 19.9 Å². The van der Waals surface area contributed by atoms with E-state index in [0.29, 0.717) is 37.6 Å². The van der Waals surface area contributed by atoms with Gasteiger partial charge in [0.25, 0.3) is 5.90 Å². The number of amides is 1. The minimum atomic E-state index is -3.96. The summed E-state index contributed by atoms with van der Waals surface area (Å²) in [6.45, 7) is 10.2. The van der Waals surface area contributed by atoms with Gasteiger partial charge >= 0.3 is 16.3 Å². The van der Waals surface area contributed by atoms with Gasteiger partial charge in [0.2, 0.25) is 5.84 Å². The largest absolute Gasteiger partial charge is 0.493 e. The third kappa shape index (κ3) is 11.6. The van der Waals surface area contributed by atoms with Crippen LogP contribution in [0.5, 0.6) is 11.5 Å². The number of hydrogen-bond acceptors (Lipinski definition) is 10. The summed E-state index contributed by atoms with van der Waals surface area (Å²) in [6.07, 6.45) is -0.110. The van der Waals surface area contributed by atoms with Crippen molar-refractivity contribution in [2.75, 3.05) is 41.1 Å². The molecule has 0 fully saturated rings. The summed E-state index contributed by atoms with van der Waals surface area (Å²) >= 11 is 0. The number of carbonyl (C=O) groups is 1. The van der Waals surface area contributed by atoms with Gasteiger partial charge in [-0.3, -0.25) is 4.99 Å². The van der Waals surface area contributed by atoms with Crippen molar-refractivity contribution in [3.63, 3.8) is 0 Å². The molecule has 1 aromatic carbocycles. The zero-order valence-corrected chi connectivity index (χ0v) is 26.6. The first-order valence-electron chi connectivity index (χ1n) is 13.9. The third-order valence-electron chi connectivity index (χ3n) is 6.40. The first-order valence-corrected chi connectivity index (χ1v) is 15.3. The van der Waals surface area contributed by atoms with E-state index in [1.54, 1.807) is 35.0 Å². The molecule has 14 heteroatoms. The van der Waals surface area contributed by atoms with Crippen LogP contribution in [0.4, 0.5) is 4.79 Å². The van der Waals surface area contributed by atoms with Crippen molar-refractivity contribution < 1.29 is 42.0 Å². The third-order valence-corrected chi connectivity index (χ3v) is 7.26. The average Bonchev–Trinajstić information content (AvgIpc) is 3.21. The number of aliphatic hydroxyl groups is 1. The van der Waals surface area contributed by atoms with E-state index >= 15 is 0 Å². The summed E-state index contributed by atoms with van der Waals surface area (Å²) in [5.41, 5.74) is 0.259. The number of methoxy groups -OCH3 is 3. The fourth-order valence-electron chi connectivity index (χ4n) is 4.22. The molecular weight excluding hydrogens is 568 g/mol. The van der Waals surface area contributed by atoms with Gasteiger partial charge in [-0.05, 0) is 63.1 Å².